The fourth-order valence-electron chi connectivity index (χ4n) is 1.79. The average molecular weight is 479 g/mol. The van der Waals surface area contributed by atoms with Crippen LogP contribution < -0.4 is 5.32 Å². The first-order valence-corrected chi connectivity index (χ1v) is 8.62. The highest BCUT2D eigenvalue weighted by atomic mass is 127. The largest absolute Gasteiger partial charge is 0.451 e. The zero-order valence-electron chi connectivity index (χ0n) is 12.6. The van der Waals surface area contributed by atoms with Gasteiger partial charge in [-0.2, -0.15) is 0 Å². The maximum absolute atomic E-state index is 12.0. The van der Waals surface area contributed by atoms with E-state index in [-0.39, 0.29) is 12.5 Å². The van der Waals surface area contributed by atoms with Crippen molar-refractivity contribution in [1.29, 1.82) is 0 Å². The van der Waals surface area contributed by atoms with E-state index >= 15 is 0 Å². The highest BCUT2D eigenvalue weighted by Gasteiger charge is 2.14. The maximum atomic E-state index is 12.0. The van der Waals surface area contributed by atoms with Crippen molar-refractivity contribution in [2.45, 2.75) is 0 Å². The zero-order valence-corrected chi connectivity index (χ0v) is 16.2. The molecular weight excluding hydrogens is 466 g/mol. The van der Waals surface area contributed by atoms with Crippen LogP contribution >= 0.6 is 45.8 Å². The van der Waals surface area contributed by atoms with Gasteiger partial charge in [-0.15, -0.1) is 0 Å². The number of hydrogen-bond donors (Lipinski definition) is 1. The summed E-state index contributed by atoms with van der Waals surface area (Å²) in [6.07, 6.45) is 2.88. The molecule has 0 fully saturated rings. The Labute approximate surface area is 162 Å². The fraction of sp³-hybridized carbons (Fsp3) is 0.125. The Hall–Kier alpha value is -1.51. The van der Waals surface area contributed by atoms with E-state index < -0.39 is 5.91 Å². The number of nitrogens with one attached hydrogen (secondary N) is 1. The molecule has 0 aliphatic rings. The highest BCUT2D eigenvalue weighted by molar-refractivity contribution is 14.1. The standard InChI is InChI=1S/C16H13Cl2IN2O3/c1-21(15(23)8-6-10-5-7-13(19)24-10)9-14(22)20-16-11(17)3-2-4-12(16)18/h2-8H,9H2,1H3,(H,20,22)/b8-6+. The third kappa shape index (κ3) is 5.25. The molecular formula is C16H13Cl2IN2O3. The molecule has 2 aromatic rings. The van der Waals surface area contributed by atoms with Crippen LogP contribution in [-0.2, 0) is 9.59 Å². The molecule has 0 aliphatic carbocycles. The number of rotatable bonds is 5. The van der Waals surface area contributed by atoms with Gasteiger partial charge in [0, 0.05) is 13.1 Å². The van der Waals surface area contributed by atoms with Crippen molar-refractivity contribution in [2.75, 3.05) is 18.9 Å². The van der Waals surface area contributed by atoms with Crippen LogP contribution in [0.5, 0.6) is 0 Å². The van der Waals surface area contributed by atoms with Crippen molar-refractivity contribution in [3.63, 3.8) is 0 Å². The van der Waals surface area contributed by atoms with Crippen LogP contribution in [0.1, 0.15) is 5.76 Å². The summed E-state index contributed by atoms with van der Waals surface area (Å²) < 4.78 is 6.05. The minimum Gasteiger partial charge on any atom is -0.451 e. The van der Waals surface area contributed by atoms with E-state index in [0.717, 1.165) is 3.77 Å². The Kier molecular flexibility index (Phi) is 6.70. The summed E-state index contributed by atoms with van der Waals surface area (Å²) in [5.74, 6) is -0.169. The molecule has 0 saturated carbocycles. The van der Waals surface area contributed by atoms with Crippen molar-refractivity contribution >= 4 is 69.4 Å². The molecule has 0 unspecified atom stereocenters. The Morgan fingerprint density at radius 1 is 1.25 bits per heavy atom. The van der Waals surface area contributed by atoms with Crippen molar-refractivity contribution in [2.24, 2.45) is 0 Å². The minimum atomic E-state index is -0.401. The van der Waals surface area contributed by atoms with Gasteiger partial charge in [-0.3, -0.25) is 9.59 Å². The number of carbonyl (C=O) groups excluding carboxylic acids is 2. The van der Waals surface area contributed by atoms with E-state index in [1.54, 1.807) is 36.4 Å². The molecule has 0 spiro atoms. The number of anilines is 1. The summed E-state index contributed by atoms with van der Waals surface area (Å²) >= 11 is 14.0. The van der Waals surface area contributed by atoms with Gasteiger partial charge in [-0.25, -0.2) is 0 Å². The Bertz CT molecular complexity index is 769. The second-order valence-electron chi connectivity index (χ2n) is 4.81. The molecule has 8 heteroatoms. The lowest BCUT2D eigenvalue weighted by Crippen LogP contribution is -2.34. The number of furan rings is 1. The first-order chi connectivity index (χ1) is 11.4. The quantitative estimate of drug-likeness (QED) is 0.514. The Morgan fingerprint density at radius 3 is 2.50 bits per heavy atom. The second-order valence-corrected chi connectivity index (χ2v) is 6.69. The lowest BCUT2D eigenvalue weighted by molar-refractivity contribution is -0.129. The molecule has 24 heavy (non-hydrogen) atoms. The van der Waals surface area contributed by atoms with E-state index in [1.165, 1.54) is 18.0 Å². The molecule has 1 aromatic heterocycles. The Morgan fingerprint density at radius 2 is 1.92 bits per heavy atom. The van der Waals surface area contributed by atoms with Crippen molar-refractivity contribution in [1.82, 2.24) is 4.90 Å². The summed E-state index contributed by atoms with van der Waals surface area (Å²) in [5, 5.41) is 3.26. The molecule has 2 amide bonds. The number of amides is 2. The van der Waals surface area contributed by atoms with Gasteiger partial charge in [0.15, 0.2) is 3.77 Å². The van der Waals surface area contributed by atoms with Gasteiger partial charge < -0.3 is 14.6 Å². The van der Waals surface area contributed by atoms with Gasteiger partial charge in [0.2, 0.25) is 11.8 Å². The average Bonchev–Trinajstić information content (AvgIpc) is 2.94. The smallest absolute Gasteiger partial charge is 0.246 e. The predicted octanol–water partition coefficient (Wildman–Crippen LogP) is 4.30. The van der Waals surface area contributed by atoms with E-state index in [1.807, 2.05) is 22.6 Å². The fourth-order valence-corrected chi connectivity index (χ4v) is 2.71. The summed E-state index contributed by atoms with van der Waals surface area (Å²) in [5.41, 5.74) is 0.326. The van der Waals surface area contributed by atoms with Gasteiger partial charge in [-0.05, 0) is 52.9 Å². The first-order valence-electron chi connectivity index (χ1n) is 6.79. The normalized spacial score (nSPS) is 10.8. The lowest BCUT2D eigenvalue weighted by Gasteiger charge is -2.15. The van der Waals surface area contributed by atoms with E-state index in [4.69, 9.17) is 27.6 Å². The SMILES string of the molecule is CN(CC(=O)Nc1c(Cl)cccc1Cl)C(=O)/C=C/c1ccc(I)o1. The lowest BCUT2D eigenvalue weighted by atomic mass is 10.3. The van der Waals surface area contributed by atoms with Crippen LogP contribution in [0.4, 0.5) is 5.69 Å². The number of likely N-dealkylation sites (N-methyl/N-ethyl adjacent to an activating group) is 1. The van der Waals surface area contributed by atoms with Gasteiger partial charge in [0.25, 0.3) is 0 Å². The molecule has 5 nitrogen and oxygen atoms in total. The van der Waals surface area contributed by atoms with Crippen LogP contribution in [0.15, 0.2) is 40.8 Å². The number of halogens is 3. The minimum absolute atomic E-state index is 0.138. The topological polar surface area (TPSA) is 62.6 Å². The molecule has 1 aromatic carbocycles. The third-order valence-electron chi connectivity index (χ3n) is 2.97. The second kappa shape index (κ2) is 8.55. The van der Waals surface area contributed by atoms with Crippen LogP contribution in [0, 0.1) is 3.77 Å². The molecule has 0 saturated heterocycles. The van der Waals surface area contributed by atoms with Gasteiger partial charge in [0.1, 0.15) is 5.76 Å². The Balaban J connectivity index is 1.93. The van der Waals surface area contributed by atoms with Gasteiger partial charge >= 0.3 is 0 Å². The molecule has 126 valence electrons. The van der Waals surface area contributed by atoms with Crippen LogP contribution in [0.25, 0.3) is 6.08 Å². The molecule has 0 bridgehead atoms. The van der Waals surface area contributed by atoms with Crippen LogP contribution in [0.2, 0.25) is 10.0 Å². The molecule has 2 rings (SSSR count). The van der Waals surface area contributed by atoms with Gasteiger partial charge in [0.05, 0.1) is 22.3 Å². The number of para-hydroxylation sites is 1. The summed E-state index contributed by atoms with van der Waals surface area (Å²) in [6, 6.07) is 8.44. The number of hydrogen-bond acceptors (Lipinski definition) is 3. The molecule has 0 aliphatic heterocycles. The van der Waals surface area contributed by atoms with Crippen molar-refractivity contribution < 1.29 is 14.0 Å². The number of carbonyl (C=O) groups is 2. The van der Waals surface area contributed by atoms with Crippen LogP contribution in [-0.4, -0.2) is 30.3 Å². The molecule has 0 atom stereocenters. The summed E-state index contributed by atoms with van der Waals surface area (Å²) in [4.78, 5) is 25.3. The molecule has 1 N–H and O–H groups in total. The van der Waals surface area contributed by atoms with E-state index in [2.05, 4.69) is 5.32 Å². The molecule has 1 heterocycles. The highest BCUT2D eigenvalue weighted by Crippen LogP contribution is 2.29. The summed E-state index contributed by atoms with van der Waals surface area (Å²) in [6.45, 7) is -0.138. The monoisotopic (exact) mass is 478 g/mol. The molecule has 0 radical (unpaired) electrons. The van der Waals surface area contributed by atoms with Gasteiger partial charge in [-0.1, -0.05) is 29.3 Å². The van der Waals surface area contributed by atoms with Crippen molar-refractivity contribution in [3.8, 4) is 0 Å². The van der Waals surface area contributed by atoms with E-state index in [0.29, 0.717) is 21.5 Å². The first kappa shape index (κ1) is 18.8. The number of benzene rings is 1. The van der Waals surface area contributed by atoms with E-state index in [9.17, 15) is 9.59 Å². The number of nitrogens with zero attached hydrogens (tertiary/aromatic N) is 1. The summed E-state index contributed by atoms with van der Waals surface area (Å²) in [7, 11) is 1.52. The van der Waals surface area contributed by atoms with Crippen LogP contribution in [0.3, 0.4) is 0 Å². The van der Waals surface area contributed by atoms with Crippen molar-refractivity contribution in [3.05, 3.63) is 56.0 Å². The predicted molar refractivity (Wildman–Crippen MR) is 103 cm³/mol. The zero-order chi connectivity index (χ0) is 17.7. The maximum Gasteiger partial charge on any atom is 0.246 e. The third-order valence-corrected chi connectivity index (χ3v) is 4.18.